The molecule has 1 atom stereocenters. The summed E-state index contributed by atoms with van der Waals surface area (Å²) in [6.45, 7) is 0.384. The van der Waals surface area contributed by atoms with E-state index in [4.69, 9.17) is 11.6 Å². The normalized spacial score (nSPS) is 12.0. The summed E-state index contributed by atoms with van der Waals surface area (Å²) >= 11 is 7.62. The number of hydrogen-bond acceptors (Lipinski definition) is 3. The van der Waals surface area contributed by atoms with Crippen molar-refractivity contribution in [3.8, 4) is 0 Å². The predicted molar refractivity (Wildman–Crippen MR) is 91.6 cm³/mol. The fraction of sp³-hybridized carbons (Fsp3) is 0.235. The first-order chi connectivity index (χ1) is 10.6. The summed E-state index contributed by atoms with van der Waals surface area (Å²) in [5.74, 6) is -0.221. The Morgan fingerprint density at radius 1 is 1.27 bits per heavy atom. The molecule has 2 N–H and O–H groups in total. The lowest BCUT2D eigenvalue weighted by molar-refractivity contribution is 0.0942. The molecule has 0 aliphatic rings. The molecule has 2 aromatic rings. The molecule has 0 fully saturated rings. The molecular formula is C17H18ClNO2S. The number of aliphatic hydroxyl groups excluding tert-OH is 1. The van der Waals surface area contributed by atoms with Gasteiger partial charge in [0, 0.05) is 11.4 Å². The summed E-state index contributed by atoms with van der Waals surface area (Å²) in [4.78, 5) is 13.2. The molecule has 0 bridgehead atoms. The standard InChI is InChI=1S/C17H18ClNO2S/c1-22-13-7-8-15(18)14(11-13)17(21)19-10-9-16(20)12-5-3-2-4-6-12/h2-8,11,16,20H,9-10H2,1H3,(H,19,21). The van der Waals surface area contributed by atoms with E-state index in [1.807, 2.05) is 42.7 Å². The third-order valence-electron chi connectivity index (χ3n) is 3.31. The molecular weight excluding hydrogens is 318 g/mol. The second-order valence-corrected chi connectivity index (χ2v) is 6.10. The van der Waals surface area contributed by atoms with Crippen molar-refractivity contribution in [3.63, 3.8) is 0 Å². The molecule has 1 amide bonds. The maximum absolute atomic E-state index is 12.2. The van der Waals surface area contributed by atoms with Gasteiger partial charge in [-0.15, -0.1) is 11.8 Å². The lowest BCUT2D eigenvalue weighted by atomic mass is 10.1. The number of hydrogen-bond donors (Lipinski definition) is 2. The van der Waals surface area contributed by atoms with Crippen LogP contribution in [0.5, 0.6) is 0 Å². The molecule has 0 spiro atoms. The van der Waals surface area contributed by atoms with Crippen molar-refractivity contribution in [1.82, 2.24) is 5.32 Å². The van der Waals surface area contributed by atoms with Crippen LogP contribution in [0.3, 0.4) is 0 Å². The molecule has 5 heteroatoms. The molecule has 2 rings (SSSR count). The van der Waals surface area contributed by atoms with E-state index in [1.165, 1.54) is 0 Å². The van der Waals surface area contributed by atoms with Crippen molar-refractivity contribution in [1.29, 1.82) is 0 Å². The van der Waals surface area contributed by atoms with Crippen LogP contribution < -0.4 is 5.32 Å². The Kier molecular flexibility index (Phi) is 6.31. The molecule has 2 aromatic carbocycles. The van der Waals surface area contributed by atoms with Gasteiger partial charge in [0.05, 0.1) is 16.7 Å². The van der Waals surface area contributed by atoms with E-state index < -0.39 is 6.10 Å². The average molecular weight is 336 g/mol. The van der Waals surface area contributed by atoms with Crippen LogP contribution in [0.4, 0.5) is 0 Å². The fourth-order valence-corrected chi connectivity index (χ4v) is 2.71. The van der Waals surface area contributed by atoms with Gasteiger partial charge in [-0.2, -0.15) is 0 Å². The highest BCUT2D eigenvalue weighted by atomic mass is 35.5. The van der Waals surface area contributed by atoms with Gasteiger partial charge >= 0.3 is 0 Å². The first kappa shape index (κ1) is 16.9. The third-order valence-corrected chi connectivity index (χ3v) is 4.36. The number of nitrogens with one attached hydrogen (secondary N) is 1. The lowest BCUT2D eigenvalue weighted by Gasteiger charge is -2.12. The zero-order valence-corrected chi connectivity index (χ0v) is 13.8. The maximum Gasteiger partial charge on any atom is 0.252 e. The highest BCUT2D eigenvalue weighted by Gasteiger charge is 2.12. The summed E-state index contributed by atoms with van der Waals surface area (Å²) in [5.41, 5.74) is 1.31. The molecule has 0 aliphatic carbocycles. The zero-order chi connectivity index (χ0) is 15.9. The van der Waals surface area contributed by atoms with Gasteiger partial charge in [-0.1, -0.05) is 41.9 Å². The number of thioether (sulfide) groups is 1. The first-order valence-corrected chi connectivity index (χ1v) is 8.57. The van der Waals surface area contributed by atoms with Crippen molar-refractivity contribution in [3.05, 3.63) is 64.7 Å². The molecule has 0 aromatic heterocycles. The van der Waals surface area contributed by atoms with Crippen molar-refractivity contribution >= 4 is 29.3 Å². The second-order valence-electron chi connectivity index (χ2n) is 4.82. The Labute approximate surface area is 139 Å². The van der Waals surface area contributed by atoms with Crippen LogP contribution in [0.15, 0.2) is 53.4 Å². The van der Waals surface area contributed by atoms with Gasteiger partial charge in [-0.05, 0) is 36.4 Å². The van der Waals surface area contributed by atoms with Crippen molar-refractivity contribution < 1.29 is 9.90 Å². The quantitative estimate of drug-likeness (QED) is 0.787. The van der Waals surface area contributed by atoms with Crippen LogP contribution in [0.1, 0.15) is 28.4 Å². The molecule has 22 heavy (non-hydrogen) atoms. The van der Waals surface area contributed by atoms with E-state index in [2.05, 4.69) is 5.32 Å². The Hall–Kier alpha value is -1.49. The first-order valence-electron chi connectivity index (χ1n) is 6.96. The molecule has 0 heterocycles. The SMILES string of the molecule is CSc1ccc(Cl)c(C(=O)NCCC(O)c2ccccc2)c1. The molecule has 0 radical (unpaired) electrons. The predicted octanol–water partition coefficient (Wildman–Crippen LogP) is 3.92. The van der Waals surface area contributed by atoms with Gasteiger partial charge in [0.15, 0.2) is 0 Å². The van der Waals surface area contributed by atoms with Gasteiger partial charge in [-0.3, -0.25) is 4.79 Å². The number of aliphatic hydroxyl groups is 1. The number of carbonyl (C=O) groups is 1. The van der Waals surface area contributed by atoms with E-state index in [1.54, 1.807) is 23.9 Å². The number of rotatable bonds is 6. The summed E-state index contributed by atoms with van der Waals surface area (Å²) in [6.07, 6.45) is 1.81. The van der Waals surface area contributed by atoms with Crippen LogP contribution in [0.2, 0.25) is 5.02 Å². The zero-order valence-electron chi connectivity index (χ0n) is 12.3. The summed E-state index contributed by atoms with van der Waals surface area (Å²) in [5, 5.41) is 13.3. The Morgan fingerprint density at radius 2 is 2.00 bits per heavy atom. The molecule has 3 nitrogen and oxygen atoms in total. The van der Waals surface area contributed by atoms with Gasteiger partial charge < -0.3 is 10.4 Å². The molecule has 1 unspecified atom stereocenters. The Balaban J connectivity index is 1.90. The molecule has 116 valence electrons. The number of carbonyl (C=O) groups excluding carboxylic acids is 1. The van der Waals surface area contributed by atoms with Crippen molar-refractivity contribution in [2.45, 2.75) is 17.4 Å². The van der Waals surface area contributed by atoms with Crippen molar-refractivity contribution in [2.75, 3.05) is 12.8 Å². The van der Waals surface area contributed by atoms with Crippen LogP contribution >= 0.6 is 23.4 Å². The smallest absolute Gasteiger partial charge is 0.252 e. The number of benzene rings is 2. The van der Waals surface area contributed by atoms with Crippen LogP contribution in [-0.2, 0) is 0 Å². The van der Waals surface area contributed by atoms with E-state index in [0.29, 0.717) is 23.6 Å². The Bertz CT molecular complexity index is 634. The number of halogens is 1. The van der Waals surface area contributed by atoms with Gasteiger partial charge in [-0.25, -0.2) is 0 Å². The van der Waals surface area contributed by atoms with Crippen LogP contribution in [-0.4, -0.2) is 23.8 Å². The van der Waals surface area contributed by atoms with E-state index in [-0.39, 0.29) is 5.91 Å². The monoisotopic (exact) mass is 335 g/mol. The minimum atomic E-state index is -0.588. The average Bonchev–Trinajstić information content (AvgIpc) is 2.55. The van der Waals surface area contributed by atoms with Crippen LogP contribution in [0.25, 0.3) is 0 Å². The fourth-order valence-electron chi connectivity index (χ4n) is 2.06. The van der Waals surface area contributed by atoms with E-state index in [0.717, 1.165) is 10.5 Å². The summed E-state index contributed by atoms with van der Waals surface area (Å²) in [6, 6.07) is 14.8. The minimum Gasteiger partial charge on any atom is -0.388 e. The molecule has 0 saturated carbocycles. The highest BCUT2D eigenvalue weighted by Crippen LogP contribution is 2.23. The van der Waals surface area contributed by atoms with Crippen LogP contribution in [0, 0.1) is 0 Å². The third kappa shape index (κ3) is 4.50. The summed E-state index contributed by atoms with van der Waals surface area (Å²) < 4.78 is 0. The van der Waals surface area contributed by atoms with E-state index in [9.17, 15) is 9.90 Å². The van der Waals surface area contributed by atoms with Crippen molar-refractivity contribution in [2.24, 2.45) is 0 Å². The maximum atomic E-state index is 12.2. The Morgan fingerprint density at radius 3 is 2.68 bits per heavy atom. The topological polar surface area (TPSA) is 49.3 Å². The largest absolute Gasteiger partial charge is 0.388 e. The summed E-state index contributed by atoms with van der Waals surface area (Å²) in [7, 11) is 0. The van der Waals surface area contributed by atoms with Gasteiger partial charge in [0.25, 0.3) is 5.91 Å². The van der Waals surface area contributed by atoms with E-state index >= 15 is 0 Å². The number of amides is 1. The molecule has 0 saturated heterocycles. The minimum absolute atomic E-state index is 0.221. The lowest BCUT2D eigenvalue weighted by Crippen LogP contribution is -2.26. The van der Waals surface area contributed by atoms with Gasteiger partial charge in [0.2, 0.25) is 0 Å². The highest BCUT2D eigenvalue weighted by molar-refractivity contribution is 7.98. The second kappa shape index (κ2) is 8.22. The molecule has 0 aliphatic heterocycles. The van der Waals surface area contributed by atoms with Gasteiger partial charge in [0.1, 0.15) is 0 Å².